The summed E-state index contributed by atoms with van der Waals surface area (Å²) < 4.78 is 0. The molecule has 2 aromatic carbocycles. The molecule has 4 heteroatoms. The normalized spacial score (nSPS) is 14.3. The number of nitrogens with one attached hydrogen (secondary N) is 1. The first kappa shape index (κ1) is 16.4. The van der Waals surface area contributed by atoms with Gasteiger partial charge in [-0.05, 0) is 73.4 Å². The van der Waals surface area contributed by atoms with Gasteiger partial charge in [-0.3, -0.25) is 0 Å². The number of hydrogen-bond acceptors (Lipinski definition) is 2. The summed E-state index contributed by atoms with van der Waals surface area (Å²) in [5.74, 6) is 0.780. The van der Waals surface area contributed by atoms with Crippen LogP contribution < -0.4 is 11.1 Å². The van der Waals surface area contributed by atoms with Gasteiger partial charge in [0.15, 0.2) is 5.96 Å². The second-order valence-electron chi connectivity index (χ2n) is 6.56. The molecular weight excluding hydrogens is 298 g/mol. The van der Waals surface area contributed by atoms with E-state index in [1.165, 1.54) is 24.0 Å². The van der Waals surface area contributed by atoms with Crippen molar-refractivity contribution in [1.29, 1.82) is 0 Å². The van der Waals surface area contributed by atoms with E-state index in [1.807, 2.05) is 26.0 Å². The van der Waals surface area contributed by atoms with E-state index in [9.17, 15) is 5.11 Å². The van der Waals surface area contributed by atoms with Crippen LogP contribution >= 0.6 is 0 Å². The van der Waals surface area contributed by atoms with Crippen LogP contribution in [0.15, 0.2) is 35.3 Å². The number of aromatic hydroxyl groups is 1. The maximum Gasteiger partial charge on any atom is 0.193 e. The number of aliphatic imine (C=N–C) groups is 1. The number of anilines is 1. The molecule has 2 aromatic rings. The van der Waals surface area contributed by atoms with Crippen molar-refractivity contribution in [3.63, 3.8) is 0 Å². The summed E-state index contributed by atoms with van der Waals surface area (Å²) in [6.07, 6.45) is 4.74. The summed E-state index contributed by atoms with van der Waals surface area (Å²) in [5, 5.41) is 13.1. The highest BCUT2D eigenvalue weighted by atomic mass is 16.3. The summed E-state index contributed by atoms with van der Waals surface area (Å²) >= 11 is 0. The quantitative estimate of drug-likeness (QED) is 0.594. The zero-order chi connectivity index (χ0) is 17.1. The van der Waals surface area contributed by atoms with Crippen LogP contribution in [0.4, 0.5) is 5.69 Å². The van der Waals surface area contributed by atoms with Crippen molar-refractivity contribution in [2.45, 2.75) is 46.1 Å². The average molecular weight is 323 g/mol. The molecule has 0 saturated heterocycles. The maximum absolute atomic E-state index is 9.84. The summed E-state index contributed by atoms with van der Waals surface area (Å²) in [4.78, 5) is 4.45. The molecule has 1 aliphatic rings. The Kier molecular flexibility index (Phi) is 4.74. The Morgan fingerprint density at radius 1 is 1.17 bits per heavy atom. The van der Waals surface area contributed by atoms with E-state index in [-0.39, 0.29) is 0 Å². The Labute approximate surface area is 143 Å². The maximum atomic E-state index is 9.84. The van der Waals surface area contributed by atoms with Gasteiger partial charge in [-0.1, -0.05) is 24.3 Å². The van der Waals surface area contributed by atoms with E-state index in [1.54, 1.807) is 0 Å². The van der Waals surface area contributed by atoms with Crippen molar-refractivity contribution in [2.75, 3.05) is 5.32 Å². The SMILES string of the molecule is Cc1cc(CN=C(N)Nc2cccc3c2CCCC3)cc(C)c1O. The lowest BCUT2D eigenvalue weighted by Gasteiger charge is -2.19. The minimum Gasteiger partial charge on any atom is -0.507 e. The second kappa shape index (κ2) is 6.95. The van der Waals surface area contributed by atoms with Crippen molar-refractivity contribution >= 4 is 11.6 Å². The largest absolute Gasteiger partial charge is 0.507 e. The Morgan fingerprint density at radius 2 is 1.88 bits per heavy atom. The van der Waals surface area contributed by atoms with Crippen LogP contribution in [0, 0.1) is 13.8 Å². The van der Waals surface area contributed by atoms with Crippen LogP contribution in [0.1, 0.15) is 40.7 Å². The van der Waals surface area contributed by atoms with E-state index in [4.69, 9.17) is 5.73 Å². The number of rotatable bonds is 3. The van der Waals surface area contributed by atoms with E-state index in [0.29, 0.717) is 18.3 Å². The fourth-order valence-corrected chi connectivity index (χ4v) is 3.39. The number of aryl methyl sites for hydroxylation is 3. The minimum absolute atomic E-state index is 0.352. The Balaban J connectivity index is 1.73. The van der Waals surface area contributed by atoms with Gasteiger partial charge >= 0.3 is 0 Å². The number of fused-ring (bicyclic) bond motifs is 1. The first-order valence-corrected chi connectivity index (χ1v) is 8.51. The number of guanidine groups is 1. The lowest BCUT2D eigenvalue weighted by atomic mass is 9.90. The van der Waals surface area contributed by atoms with E-state index in [2.05, 4.69) is 28.5 Å². The van der Waals surface area contributed by atoms with Crippen molar-refractivity contribution < 1.29 is 5.11 Å². The number of benzene rings is 2. The van der Waals surface area contributed by atoms with Gasteiger partial charge < -0.3 is 16.2 Å². The standard InChI is InChI=1S/C20H25N3O/c1-13-10-15(11-14(2)19(13)24)12-22-20(21)23-18-9-5-7-16-6-3-4-8-17(16)18/h5,7,9-11,24H,3-4,6,8,12H2,1-2H3,(H3,21,22,23). The second-order valence-corrected chi connectivity index (χ2v) is 6.56. The Morgan fingerprint density at radius 3 is 2.62 bits per heavy atom. The van der Waals surface area contributed by atoms with Gasteiger partial charge in [0.2, 0.25) is 0 Å². The van der Waals surface area contributed by atoms with Crippen LogP contribution in [0.5, 0.6) is 5.75 Å². The van der Waals surface area contributed by atoms with Crippen molar-refractivity contribution in [1.82, 2.24) is 0 Å². The molecule has 1 aliphatic carbocycles. The molecule has 4 nitrogen and oxygen atoms in total. The molecule has 3 rings (SSSR count). The topological polar surface area (TPSA) is 70.6 Å². The molecule has 0 fully saturated rings. The van der Waals surface area contributed by atoms with Crippen molar-refractivity contribution in [2.24, 2.45) is 10.7 Å². The fourth-order valence-electron chi connectivity index (χ4n) is 3.39. The molecular formula is C20H25N3O. The molecule has 0 saturated carbocycles. The fraction of sp³-hybridized carbons (Fsp3) is 0.350. The molecule has 126 valence electrons. The summed E-state index contributed by atoms with van der Waals surface area (Å²) in [7, 11) is 0. The summed E-state index contributed by atoms with van der Waals surface area (Å²) in [6.45, 7) is 4.29. The smallest absolute Gasteiger partial charge is 0.193 e. The highest BCUT2D eigenvalue weighted by molar-refractivity contribution is 5.93. The molecule has 0 aromatic heterocycles. The molecule has 0 aliphatic heterocycles. The molecule has 0 heterocycles. The number of phenols is 1. The zero-order valence-corrected chi connectivity index (χ0v) is 14.4. The molecule has 0 atom stereocenters. The predicted molar refractivity (Wildman–Crippen MR) is 99.6 cm³/mol. The average Bonchev–Trinajstić information content (AvgIpc) is 2.58. The third-order valence-corrected chi connectivity index (χ3v) is 4.64. The number of nitrogens with zero attached hydrogens (tertiary/aromatic N) is 1. The van der Waals surface area contributed by atoms with Gasteiger partial charge in [0, 0.05) is 5.69 Å². The lowest BCUT2D eigenvalue weighted by Crippen LogP contribution is -2.24. The molecule has 0 amide bonds. The molecule has 4 N–H and O–H groups in total. The minimum atomic E-state index is 0.352. The molecule has 0 radical (unpaired) electrons. The summed E-state index contributed by atoms with van der Waals surface area (Å²) in [5.41, 5.74) is 12.7. The van der Waals surface area contributed by atoms with Gasteiger partial charge in [-0.2, -0.15) is 0 Å². The van der Waals surface area contributed by atoms with Gasteiger partial charge in [-0.15, -0.1) is 0 Å². The number of nitrogens with two attached hydrogens (primary N) is 1. The van der Waals surface area contributed by atoms with Crippen molar-refractivity contribution in [3.05, 3.63) is 58.1 Å². The van der Waals surface area contributed by atoms with Gasteiger partial charge in [0.1, 0.15) is 5.75 Å². The number of hydrogen-bond donors (Lipinski definition) is 3. The van der Waals surface area contributed by atoms with Gasteiger partial charge in [0.25, 0.3) is 0 Å². The first-order valence-electron chi connectivity index (χ1n) is 8.51. The van der Waals surface area contributed by atoms with Crippen LogP contribution in [0.2, 0.25) is 0 Å². The van der Waals surface area contributed by atoms with Crippen LogP contribution in [0.3, 0.4) is 0 Å². The Hall–Kier alpha value is -2.49. The first-order chi connectivity index (χ1) is 11.5. The molecule has 0 spiro atoms. The molecule has 0 unspecified atom stereocenters. The predicted octanol–water partition coefficient (Wildman–Crippen LogP) is 3.81. The van der Waals surface area contributed by atoms with E-state index >= 15 is 0 Å². The van der Waals surface area contributed by atoms with Gasteiger partial charge in [-0.25, -0.2) is 4.99 Å². The Bertz CT molecular complexity index is 757. The van der Waals surface area contributed by atoms with Crippen LogP contribution in [-0.4, -0.2) is 11.1 Å². The molecule has 0 bridgehead atoms. The lowest BCUT2D eigenvalue weighted by molar-refractivity contribution is 0.466. The van der Waals surface area contributed by atoms with Crippen LogP contribution in [-0.2, 0) is 19.4 Å². The third kappa shape index (κ3) is 3.53. The number of phenolic OH excluding ortho intramolecular Hbond substituents is 1. The van der Waals surface area contributed by atoms with Crippen LogP contribution in [0.25, 0.3) is 0 Å². The monoisotopic (exact) mass is 323 g/mol. The van der Waals surface area contributed by atoms with Gasteiger partial charge in [0.05, 0.1) is 6.54 Å². The highest BCUT2D eigenvalue weighted by Crippen LogP contribution is 2.28. The molecule has 24 heavy (non-hydrogen) atoms. The van der Waals surface area contributed by atoms with Crippen molar-refractivity contribution in [3.8, 4) is 5.75 Å². The third-order valence-electron chi connectivity index (χ3n) is 4.64. The van der Waals surface area contributed by atoms with E-state index in [0.717, 1.165) is 35.2 Å². The van der Waals surface area contributed by atoms with E-state index < -0.39 is 0 Å². The highest BCUT2D eigenvalue weighted by Gasteiger charge is 2.13. The zero-order valence-electron chi connectivity index (χ0n) is 14.4. The summed E-state index contributed by atoms with van der Waals surface area (Å²) in [6, 6.07) is 10.2.